The Bertz CT molecular complexity index is 1010. The minimum absolute atomic E-state index is 0.0788. The summed E-state index contributed by atoms with van der Waals surface area (Å²) in [5, 5.41) is 3.66. The lowest BCUT2D eigenvalue weighted by Crippen LogP contribution is -2.11. The number of hydrogen-bond acceptors (Lipinski definition) is 3. The van der Waals surface area contributed by atoms with Crippen LogP contribution in [0.25, 0.3) is 10.4 Å². The fraction of sp³-hybridized carbons (Fsp3) is 0.190. The van der Waals surface area contributed by atoms with Crippen LogP contribution in [0, 0.1) is 6.92 Å². The number of methoxy groups -OCH3 is 1. The SMILES string of the molecule is COc1ccc2c(c1)CCc1cc(C(=O)Nc3ccc(Cl)cc3C)sc1-2. The molecule has 3 nitrogen and oxygen atoms in total. The van der Waals surface area contributed by atoms with Crippen LogP contribution in [-0.4, -0.2) is 13.0 Å². The van der Waals surface area contributed by atoms with Crippen molar-refractivity contribution in [3.63, 3.8) is 0 Å². The molecule has 0 bridgehead atoms. The van der Waals surface area contributed by atoms with Gasteiger partial charge in [0.15, 0.2) is 0 Å². The first-order chi connectivity index (χ1) is 12.5. The number of aryl methyl sites for hydroxylation is 3. The van der Waals surface area contributed by atoms with Crippen molar-refractivity contribution in [2.75, 3.05) is 12.4 Å². The van der Waals surface area contributed by atoms with Gasteiger partial charge in [-0.2, -0.15) is 0 Å². The van der Waals surface area contributed by atoms with Gasteiger partial charge in [-0.1, -0.05) is 11.6 Å². The van der Waals surface area contributed by atoms with E-state index in [9.17, 15) is 4.79 Å². The van der Waals surface area contributed by atoms with E-state index in [1.807, 2.05) is 31.2 Å². The highest BCUT2D eigenvalue weighted by Gasteiger charge is 2.22. The van der Waals surface area contributed by atoms with E-state index >= 15 is 0 Å². The van der Waals surface area contributed by atoms with Gasteiger partial charge in [0.1, 0.15) is 5.75 Å². The lowest BCUT2D eigenvalue weighted by Gasteiger charge is -2.16. The summed E-state index contributed by atoms with van der Waals surface area (Å²) in [4.78, 5) is 14.6. The Morgan fingerprint density at radius 1 is 1.12 bits per heavy atom. The van der Waals surface area contributed by atoms with Gasteiger partial charge in [0, 0.05) is 15.6 Å². The van der Waals surface area contributed by atoms with Gasteiger partial charge in [0.2, 0.25) is 0 Å². The predicted molar refractivity (Wildman–Crippen MR) is 108 cm³/mol. The average Bonchev–Trinajstić information content (AvgIpc) is 3.08. The highest BCUT2D eigenvalue weighted by molar-refractivity contribution is 7.17. The van der Waals surface area contributed by atoms with Crippen LogP contribution in [0.3, 0.4) is 0 Å². The van der Waals surface area contributed by atoms with E-state index in [2.05, 4.69) is 17.4 Å². The Labute approximate surface area is 161 Å². The third-order valence-corrected chi connectivity index (χ3v) is 6.13. The molecule has 0 saturated carbocycles. The summed E-state index contributed by atoms with van der Waals surface area (Å²) < 4.78 is 5.33. The zero-order valence-electron chi connectivity index (χ0n) is 14.6. The van der Waals surface area contributed by atoms with Gasteiger partial charge < -0.3 is 10.1 Å². The lowest BCUT2D eigenvalue weighted by atomic mass is 9.91. The molecule has 0 saturated heterocycles. The van der Waals surface area contributed by atoms with E-state index in [1.165, 1.54) is 21.6 Å². The largest absolute Gasteiger partial charge is 0.497 e. The Kier molecular flexibility index (Phi) is 4.47. The van der Waals surface area contributed by atoms with Crippen molar-refractivity contribution < 1.29 is 9.53 Å². The molecule has 0 atom stereocenters. The molecule has 1 amide bonds. The van der Waals surface area contributed by atoms with Gasteiger partial charge in [-0.15, -0.1) is 11.3 Å². The molecule has 1 aromatic heterocycles. The number of thiophene rings is 1. The summed E-state index contributed by atoms with van der Waals surface area (Å²) in [6.45, 7) is 1.94. The van der Waals surface area contributed by atoms with Gasteiger partial charge in [-0.3, -0.25) is 4.79 Å². The standard InChI is InChI=1S/C21H18ClNO2S/c1-12-9-15(22)5-8-18(12)23-21(24)19-11-14-4-3-13-10-16(25-2)6-7-17(13)20(14)26-19/h5-11H,3-4H2,1-2H3,(H,23,24). The van der Waals surface area contributed by atoms with Crippen LogP contribution in [-0.2, 0) is 12.8 Å². The van der Waals surface area contributed by atoms with Gasteiger partial charge >= 0.3 is 0 Å². The van der Waals surface area contributed by atoms with Crippen LogP contribution >= 0.6 is 22.9 Å². The summed E-state index contributed by atoms with van der Waals surface area (Å²) >= 11 is 7.54. The van der Waals surface area contributed by atoms with E-state index in [-0.39, 0.29) is 5.91 Å². The summed E-state index contributed by atoms with van der Waals surface area (Å²) in [6.07, 6.45) is 1.91. The molecule has 5 heteroatoms. The highest BCUT2D eigenvalue weighted by atomic mass is 35.5. The minimum atomic E-state index is -0.0788. The molecule has 0 fully saturated rings. The third-order valence-electron chi connectivity index (χ3n) is 4.69. The highest BCUT2D eigenvalue weighted by Crippen LogP contribution is 2.41. The van der Waals surface area contributed by atoms with Crippen molar-refractivity contribution in [1.29, 1.82) is 0 Å². The van der Waals surface area contributed by atoms with E-state index in [1.54, 1.807) is 24.5 Å². The smallest absolute Gasteiger partial charge is 0.265 e. The molecule has 2 aromatic carbocycles. The number of hydrogen-bond donors (Lipinski definition) is 1. The number of rotatable bonds is 3. The Morgan fingerprint density at radius 3 is 2.69 bits per heavy atom. The topological polar surface area (TPSA) is 38.3 Å². The molecule has 132 valence electrons. The maximum absolute atomic E-state index is 12.7. The van der Waals surface area contributed by atoms with E-state index in [0.717, 1.165) is 34.7 Å². The van der Waals surface area contributed by atoms with Crippen LogP contribution in [0.5, 0.6) is 5.75 Å². The first kappa shape index (κ1) is 17.1. The summed E-state index contributed by atoms with van der Waals surface area (Å²) in [5.74, 6) is 0.796. The number of nitrogens with one attached hydrogen (secondary N) is 1. The molecule has 1 aliphatic carbocycles. The fourth-order valence-corrected chi connectivity index (χ4v) is 4.69. The molecule has 0 unspecified atom stereocenters. The molecule has 1 aliphatic rings. The quantitative estimate of drug-likeness (QED) is 0.626. The third kappa shape index (κ3) is 3.11. The molecule has 0 spiro atoms. The summed E-state index contributed by atoms with van der Waals surface area (Å²) in [5.41, 5.74) is 5.46. The van der Waals surface area contributed by atoms with Crippen LogP contribution in [0.15, 0.2) is 42.5 Å². The molecule has 26 heavy (non-hydrogen) atoms. The molecular weight excluding hydrogens is 366 g/mol. The number of anilines is 1. The van der Waals surface area contributed by atoms with Gasteiger partial charge in [-0.05, 0) is 84.5 Å². The van der Waals surface area contributed by atoms with Crippen molar-refractivity contribution >= 4 is 34.5 Å². The summed E-state index contributed by atoms with van der Waals surface area (Å²) in [6, 6.07) is 13.7. The second kappa shape index (κ2) is 6.78. The normalized spacial score (nSPS) is 12.3. The Hall–Kier alpha value is -2.30. The van der Waals surface area contributed by atoms with Crippen molar-refractivity contribution in [3.8, 4) is 16.2 Å². The summed E-state index contributed by atoms with van der Waals surface area (Å²) in [7, 11) is 1.68. The first-order valence-corrected chi connectivity index (χ1v) is 9.62. The number of fused-ring (bicyclic) bond motifs is 3. The predicted octanol–water partition coefficient (Wildman–Crippen LogP) is 5.74. The Balaban J connectivity index is 1.63. The molecule has 0 aliphatic heterocycles. The zero-order chi connectivity index (χ0) is 18.3. The number of benzene rings is 2. The molecular formula is C21H18ClNO2S. The monoisotopic (exact) mass is 383 g/mol. The number of halogens is 1. The molecule has 0 radical (unpaired) electrons. The maximum Gasteiger partial charge on any atom is 0.265 e. The molecule has 1 heterocycles. The average molecular weight is 384 g/mol. The minimum Gasteiger partial charge on any atom is -0.497 e. The van der Waals surface area contributed by atoms with Crippen LogP contribution in [0.1, 0.15) is 26.4 Å². The molecule has 4 rings (SSSR count). The second-order valence-corrected chi connectivity index (χ2v) is 7.89. The fourth-order valence-electron chi connectivity index (χ4n) is 3.30. The van der Waals surface area contributed by atoms with Crippen molar-refractivity contribution in [2.24, 2.45) is 0 Å². The number of amides is 1. The van der Waals surface area contributed by atoms with Crippen LogP contribution in [0.2, 0.25) is 5.02 Å². The zero-order valence-corrected chi connectivity index (χ0v) is 16.1. The van der Waals surface area contributed by atoms with E-state index in [0.29, 0.717) is 5.02 Å². The number of carbonyl (C=O) groups excluding carboxylic acids is 1. The molecule has 3 aromatic rings. The van der Waals surface area contributed by atoms with Gasteiger partial charge in [0.05, 0.1) is 12.0 Å². The van der Waals surface area contributed by atoms with Gasteiger partial charge in [0.25, 0.3) is 5.91 Å². The van der Waals surface area contributed by atoms with Crippen LogP contribution in [0.4, 0.5) is 5.69 Å². The van der Waals surface area contributed by atoms with Crippen molar-refractivity contribution in [3.05, 3.63) is 69.1 Å². The van der Waals surface area contributed by atoms with Crippen molar-refractivity contribution in [2.45, 2.75) is 19.8 Å². The number of ether oxygens (including phenoxy) is 1. The van der Waals surface area contributed by atoms with Crippen LogP contribution < -0.4 is 10.1 Å². The Morgan fingerprint density at radius 2 is 1.92 bits per heavy atom. The molecule has 1 N–H and O–H groups in total. The van der Waals surface area contributed by atoms with E-state index < -0.39 is 0 Å². The van der Waals surface area contributed by atoms with Gasteiger partial charge in [-0.25, -0.2) is 0 Å². The van der Waals surface area contributed by atoms with Crippen molar-refractivity contribution in [1.82, 2.24) is 0 Å². The number of carbonyl (C=O) groups is 1. The first-order valence-electron chi connectivity index (χ1n) is 8.42. The second-order valence-electron chi connectivity index (χ2n) is 6.40. The maximum atomic E-state index is 12.7. The van der Waals surface area contributed by atoms with E-state index in [4.69, 9.17) is 16.3 Å². The lowest BCUT2D eigenvalue weighted by molar-refractivity contribution is 0.103.